The molecule has 0 atom stereocenters. The van der Waals surface area contributed by atoms with Crippen LogP contribution in [0, 0.1) is 0 Å². The average Bonchev–Trinajstić information content (AvgIpc) is 3.51. The molecule has 1 aliphatic rings. The number of rotatable bonds is 5. The Morgan fingerprint density at radius 1 is 0.968 bits per heavy atom. The largest absolute Gasteiger partial charge is 0.339 e. The van der Waals surface area contributed by atoms with Crippen LogP contribution < -0.4 is 0 Å². The van der Waals surface area contributed by atoms with Crippen molar-refractivity contribution in [2.75, 3.05) is 0 Å². The Bertz CT molecular complexity index is 1250. The molecular weight excluding hydrogens is 455 g/mol. The number of nitrogens with zero attached hydrogens (tertiary/aromatic N) is 3. The van der Waals surface area contributed by atoms with E-state index in [1.807, 2.05) is 36.4 Å². The molecule has 0 saturated carbocycles. The quantitative estimate of drug-likeness (QED) is 0.315. The van der Waals surface area contributed by atoms with E-state index in [0.29, 0.717) is 38.9 Å². The van der Waals surface area contributed by atoms with Gasteiger partial charge in [-0.05, 0) is 42.7 Å². The molecule has 5 rings (SSSR count). The van der Waals surface area contributed by atoms with Gasteiger partial charge in [-0.15, -0.1) is 0 Å². The Hall–Kier alpha value is -2.60. The molecule has 2 heterocycles. The predicted octanol–water partition coefficient (Wildman–Crippen LogP) is 7.11. The van der Waals surface area contributed by atoms with Gasteiger partial charge in [-0.2, -0.15) is 10.1 Å². The van der Waals surface area contributed by atoms with Gasteiger partial charge in [0.2, 0.25) is 11.7 Å². The fourth-order valence-corrected chi connectivity index (χ4v) is 4.35. The van der Waals surface area contributed by atoms with Crippen molar-refractivity contribution in [2.45, 2.75) is 25.2 Å². The first-order valence-corrected chi connectivity index (χ1v) is 11.0. The maximum absolute atomic E-state index is 6.46. The molecule has 0 radical (unpaired) electrons. The van der Waals surface area contributed by atoms with Gasteiger partial charge in [0, 0.05) is 38.5 Å². The van der Waals surface area contributed by atoms with Crippen molar-refractivity contribution < 1.29 is 4.52 Å². The van der Waals surface area contributed by atoms with Crippen LogP contribution in [0.15, 0.2) is 59.1 Å². The van der Waals surface area contributed by atoms with Crippen molar-refractivity contribution in [3.8, 4) is 22.8 Å². The third-order valence-electron chi connectivity index (χ3n) is 5.39. The van der Waals surface area contributed by atoms with Gasteiger partial charge in [0.15, 0.2) is 0 Å². The highest BCUT2D eigenvalue weighted by atomic mass is 35.5. The first-order chi connectivity index (χ1) is 15.1. The molecule has 0 unspecified atom stereocenters. The van der Waals surface area contributed by atoms with Crippen LogP contribution in [0.2, 0.25) is 15.1 Å². The van der Waals surface area contributed by atoms with E-state index >= 15 is 0 Å². The molecule has 2 aromatic carbocycles. The second kappa shape index (κ2) is 8.50. The van der Waals surface area contributed by atoms with E-state index in [-0.39, 0.29) is 5.92 Å². The number of benzene rings is 2. The van der Waals surface area contributed by atoms with Crippen LogP contribution in [0.3, 0.4) is 0 Å². The van der Waals surface area contributed by atoms with E-state index in [4.69, 9.17) is 39.3 Å². The number of aromatic nitrogens is 4. The maximum Gasteiger partial charge on any atom is 0.230 e. The zero-order valence-electron chi connectivity index (χ0n) is 16.3. The smallest absolute Gasteiger partial charge is 0.230 e. The summed E-state index contributed by atoms with van der Waals surface area (Å²) in [5.41, 5.74) is 4.26. The number of hydrogen-bond donors (Lipinski definition) is 1. The molecule has 0 amide bonds. The van der Waals surface area contributed by atoms with Crippen LogP contribution >= 0.6 is 34.8 Å². The van der Waals surface area contributed by atoms with E-state index in [9.17, 15) is 0 Å². The lowest BCUT2D eigenvalue weighted by Gasteiger charge is -2.08. The second-order valence-corrected chi connectivity index (χ2v) is 8.72. The number of nitrogens with one attached hydrogen (secondary N) is 1. The Morgan fingerprint density at radius 3 is 2.45 bits per heavy atom. The fourth-order valence-electron chi connectivity index (χ4n) is 3.75. The topological polar surface area (TPSA) is 67.6 Å². The van der Waals surface area contributed by atoms with Crippen LogP contribution in [-0.4, -0.2) is 20.3 Å². The van der Waals surface area contributed by atoms with E-state index in [1.54, 1.807) is 6.07 Å². The number of allylic oxidation sites excluding steroid dienone is 2. The van der Waals surface area contributed by atoms with Gasteiger partial charge in [0.1, 0.15) is 5.69 Å². The summed E-state index contributed by atoms with van der Waals surface area (Å²) >= 11 is 18.6. The minimum atomic E-state index is 0.231. The lowest BCUT2D eigenvalue weighted by atomic mass is 9.98. The summed E-state index contributed by atoms with van der Waals surface area (Å²) in [6.45, 7) is 0. The third kappa shape index (κ3) is 4.13. The van der Waals surface area contributed by atoms with Crippen LogP contribution in [0.25, 0.3) is 22.8 Å². The molecule has 0 bridgehead atoms. The molecule has 0 fully saturated rings. The summed E-state index contributed by atoms with van der Waals surface area (Å²) in [7, 11) is 0. The highest BCUT2D eigenvalue weighted by Crippen LogP contribution is 2.35. The molecule has 156 valence electrons. The zero-order chi connectivity index (χ0) is 21.4. The van der Waals surface area contributed by atoms with E-state index in [0.717, 1.165) is 35.2 Å². The molecule has 8 heteroatoms. The van der Waals surface area contributed by atoms with Gasteiger partial charge in [0.25, 0.3) is 0 Å². The molecule has 5 nitrogen and oxygen atoms in total. The first kappa shape index (κ1) is 20.3. The zero-order valence-corrected chi connectivity index (χ0v) is 18.5. The molecule has 1 aliphatic carbocycles. The molecular formula is C23H17Cl3N4O. The Morgan fingerprint density at radius 2 is 1.71 bits per heavy atom. The molecule has 4 aromatic rings. The second-order valence-electron chi connectivity index (χ2n) is 7.44. The van der Waals surface area contributed by atoms with Crippen molar-refractivity contribution in [1.29, 1.82) is 0 Å². The maximum atomic E-state index is 6.46. The summed E-state index contributed by atoms with van der Waals surface area (Å²) in [6, 6.07) is 13.0. The normalized spacial score (nSPS) is 13.9. The van der Waals surface area contributed by atoms with Crippen molar-refractivity contribution >= 4 is 34.8 Å². The fraction of sp³-hybridized carbons (Fsp3) is 0.174. The molecule has 0 saturated heterocycles. The molecule has 2 aromatic heterocycles. The molecule has 31 heavy (non-hydrogen) atoms. The van der Waals surface area contributed by atoms with Gasteiger partial charge in [0.05, 0.1) is 5.69 Å². The standard InChI is InChI=1S/C23H17Cl3N4O/c24-16-8-5-13(6-9-16)20-18(11-15-7-10-17(25)12-19(15)26)21(29-28-20)22-27-23(31-30-22)14-3-1-2-4-14/h1-2,5-10,12,14H,3-4,11H2,(H,28,29). The first-order valence-electron chi connectivity index (χ1n) is 9.84. The SMILES string of the molecule is Clc1ccc(-c2n[nH]c(-c3noc(C4CC=CC4)n3)c2Cc2ccc(Cl)cc2Cl)cc1. The molecule has 0 aliphatic heterocycles. The summed E-state index contributed by atoms with van der Waals surface area (Å²) in [4.78, 5) is 4.66. The summed E-state index contributed by atoms with van der Waals surface area (Å²) in [6.07, 6.45) is 6.62. The minimum Gasteiger partial charge on any atom is -0.339 e. The Kier molecular flexibility index (Phi) is 5.57. The van der Waals surface area contributed by atoms with Crippen molar-refractivity contribution in [3.05, 3.63) is 86.7 Å². The number of H-pyrrole nitrogens is 1. The Balaban J connectivity index is 1.58. The van der Waals surface area contributed by atoms with Gasteiger partial charge in [-0.1, -0.05) is 70.3 Å². The van der Waals surface area contributed by atoms with Crippen LogP contribution in [0.5, 0.6) is 0 Å². The van der Waals surface area contributed by atoms with Crippen LogP contribution in [0.1, 0.15) is 35.8 Å². The van der Waals surface area contributed by atoms with Gasteiger partial charge < -0.3 is 4.52 Å². The summed E-state index contributed by atoms with van der Waals surface area (Å²) < 4.78 is 5.57. The van der Waals surface area contributed by atoms with Gasteiger partial charge in [-0.25, -0.2) is 0 Å². The highest BCUT2D eigenvalue weighted by molar-refractivity contribution is 6.35. The van der Waals surface area contributed by atoms with E-state index in [1.165, 1.54) is 0 Å². The van der Waals surface area contributed by atoms with Crippen molar-refractivity contribution in [2.24, 2.45) is 0 Å². The van der Waals surface area contributed by atoms with Crippen molar-refractivity contribution in [1.82, 2.24) is 20.3 Å². The van der Waals surface area contributed by atoms with Crippen molar-refractivity contribution in [3.63, 3.8) is 0 Å². The summed E-state index contributed by atoms with van der Waals surface area (Å²) in [5.74, 6) is 1.35. The molecule has 0 spiro atoms. The van der Waals surface area contributed by atoms with E-state index < -0.39 is 0 Å². The van der Waals surface area contributed by atoms with Crippen LogP contribution in [0.4, 0.5) is 0 Å². The monoisotopic (exact) mass is 470 g/mol. The predicted molar refractivity (Wildman–Crippen MR) is 123 cm³/mol. The summed E-state index contributed by atoms with van der Waals surface area (Å²) in [5, 5.41) is 13.8. The Labute approximate surface area is 194 Å². The van der Waals surface area contributed by atoms with Gasteiger partial charge in [-0.3, -0.25) is 5.10 Å². The lowest BCUT2D eigenvalue weighted by Crippen LogP contribution is -1.96. The van der Waals surface area contributed by atoms with Gasteiger partial charge >= 0.3 is 0 Å². The average molecular weight is 472 g/mol. The third-order valence-corrected chi connectivity index (χ3v) is 6.23. The highest BCUT2D eigenvalue weighted by Gasteiger charge is 2.24. The van der Waals surface area contributed by atoms with E-state index in [2.05, 4.69) is 32.5 Å². The van der Waals surface area contributed by atoms with Crippen LogP contribution in [-0.2, 0) is 6.42 Å². The lowest BCUT2D eigenvalue weighted by molar-refractivity contribution is 0.357. The minimum absolute atomic E-state index is 0.231. The number of halogens is 3. The molecule has 1 N–H and O–H groups in total. The number of aromatic amines is 1. The number of hydrogen-bond acceptors (Lipinski definition) is 4.